The first-order valence-corrected chi connectivity index (χ1v) is 11.1. The first-order chi connectivity index (χ1) is 11.5. The SMILES string of the molecule is CCNC(=NCC1(S(C)(=O)=O)CCOCC1)NCCc1cccs1. The van der Waals surface area contributed by atoms with Gasteiger partial charge in [-0.25, -0.2) is 8.42 Å². The highest BCUT2D eigenvalue weighted by Gasteiger charge is 2.42. The molecule has 0 aromatic carbocycles. The van der Waals surface area contributed by atoms with Crippen LogP contribution in [0.2, 0.25) is 0 Å². The number of nitrogens with zero attached hydrogens (tertiary/aromatic N) is 1. The Balaban J connectivity index is 1.99. The summed E-state index contributed by atoms with van der Waals surface area (Å²) >= 11 is 1.73. The van der Waals surface area contributed by atoms with E-state index >= 15 is 0 Å². The average Bonchev–Trinajstić information content (AvgIpc) is 3.06. The highest BCUT2D eigenvalue weighted by atomic mass is 32.2. The molecule has 1 saturated heterocycles. The fourth-order valence-electron chi connectivity index (χ4n) is 2.71. The van der Waals surface area contributed by atoms with E-state index in [9.17, 15) is 8.42 Å². The molecule has 0 saturated carbocycles. The summed E-state index contributed by atoms with van der Waals surface area (Å²) in [6, 6.07) is 4.15. The smallest absolute Gasteiger partial charge is 0.191 e. The summed E-state index contributed by atoms with van der Waals surface area (Å²) in [5.41, 5.74) is 0. The molecule has 1 fully saturated rings. The molecule has 8 heteroatoms. The van der Waals surface area contributed by atoms with Gasteiger partial charge in [0.1, 0.15) is 0 Å². The standard InChI is InChI=1S/C16H27N3O3S2/c1-3-17-15(18-9-6-14-5-4-12-23-14)19-13-16(24(2,20)21)7-10-22-11-8-16/h4-5,12H,3,6-11,13H2,1-2H3,(H2,17,18,19). The van der Waals surface area contributed by atoms with Crippen molar-refractivity contribution in [3.8, 4) is 0 Å². The summed E-state index contributed by atoms with van der Waals surface area (Å²) in [5.74, 6) is 0.670. The Morgan fingerprint density at radius 1 is 1.38 bits per heavy atom. The van der Waals surface area contributed by atoms with Gasteiger partial charge in [-0.15, -0.1) is 11.3 Å². The van der Waals surface area contributed by atoms with Crippen LogP contribution in [0.3, 0.4) is 0 Å². The summed E-state index contributed by atoms with van der Waals surface area (Å²) in [5, 5.41) is 8.54. The molecule has 2 heterocycles. The van der Waals surface area contributed by atoms with Gasteiger partial charge in [-0.3, -0.25) is 4.99 Å². The van der Waals surface area contributed by atoms with E-state index in [-0.39, 0.29) is 6.54 Å². The molecule has 6 nitrogen and oxygen atoms in total. The number of hydrogen-bond acceptors (Lipinski definition) is 5. The molecule has 0 atom stereocenters. The van der Waals surface area contributed by atoms with Gasteiger partial charge in [-0.2, -0.15) is 0 Å². The highest BCUT2D eigenvalue weighted by molar-refractivity contribution is 7.92. The van der Waals surface area contributed by atoms with Crippen molar-refractivity contribution in [1.82, 2.24) is 10.6 Å². The quantitative estimate of drug-likeness (QED) is 0.558. The van der Waals surface area contributed by atoms with Crippen molar-refractivity contribution in [3.05, 3.63) is 22.4 Å². The van der Waals surface area contributed by atoms with E-state index in [4.69, 9.17) is 4.74 Å². The van der Waals surface area contributed by atoms with Gasteiger partial charge in [-0.05, 0) is 37.6 Å². The van der Waals surface area contributed by atoms with Gasteiger partial charge in [0.2, 0.25) is 0 Å². The van der Waals surface area contributed by atoms with Crippen LogP contribution in [0.5, 0.6) is 0 Å². The fraction of sp³-hybridized carbons (Fsp3) is 0.688. The second-order valence-corrected chi connectivity index (χ2v) is 9.46. The minimum atomic E-state index is -3.20. The van der Waals surface area contributed by atoms with Gasteiger partial charge >= 0.3 is 0 Å². The lowest BCUT2D eigenvalue weighted by Gasteiger charge is -2.34. The Hall–Kier alpha value is -1.12. The van der Waals surface area contributed by atoms with E-state index in [2.05, 4.69) is 27.1 Å². The first-order valence-electron chi connectivity index (χ1n) is 8.29. The normalized spacial score (nSPS) is 18.3. The average molecular weight is 374 g/mol. The van der Waals surface area contributed by atoms with Crippen molar-refractivity contribution in [2.75, 3.05) is 39.1 Å². The Labute approximate surface area is 148 Å². The van der Waals surface area contributed by atoms with E-state index in [1.54, 1.807) is 11.3 Å². The molecule has 1 aliphatic heterocycles. The molecule has 1 aliphatic rings. The van der Waals surface area contributed by atoms with Gasteiger partial charge in [0.15, 0.2) is 15.8 Å². The minimum Gasteiger partial charge on any atom is -0.381 e. The lowest BCUT2D eigenvalue weighted by molar-refractivity contribution is 0.0768. The summed E-state index contributed by atoms with van der Waals surface area (Å²) < 4.78 is 29.1. The minimum absolute atomic E-state index is 0.267. The van der Waals surface area contributed by atoms with E-state index < -0.39 is 14.6 Å². The fourth-order valence-corrected chi connectivity index (χ4v) is 4.63. The number of thiophene rings is 1. The van der Waals surface area contributed by atoms with Crippen molar-refractivity contribution in [2.45, 2.75) is 30.9 Å². The molecule has 136 valence electrons. The molecule has 0 aliphatic carbocycles. The largest absolute Gasteiger partial charge is 0.381 e. The number of rotatable bonds is 7. The van der Waals surface area contributed by atoms with Gasteiger partial charge < -0.3 is 15.4 Å². The molecule has 0 amide bonds. The predicted octanol–water partition coefficient (Wildman–Crippen LogP) is 1.44. The zero-order valence-corrected chi connectivity index (χ0v) is 16.0. The number of ether oxygens (including phenoxy) is 1. The van der Waals surface area contributed by atoms with Gasteiger partial charge in [-0.1, -0.05) is 6.07 Å². The van der Waals surface area contributed by atoms with Crippen LogP contribution in [0.1, 0.15) is 24.6 Å². The predicted molar refractivity (Wildman–Crippen MR) is 99.6 cm³/mol. The van der Waals surface area contributed by atoms with Crippen molar-refractivity contribution < 1.29 is 13.2 Å². The molecule has 1 aromatic rings. The molecule has 2 rings (SSSR count). The number of sulfone groups is 1. The van der Waals surface area contributed by atoms with Crippen molar-refractivity contribution >= 4 is 27.1 Å². The van der Waals surface area contributed by atoms with Crippen molar-refractivity contribution in [2.24, 2.45) is 4.99 Å². The Morgan fingerprint density at radius 3 is 2.71 bits per heavy atom. The maximum Gasteiger partial charge on any atom is 0.191 e. The van der Waals surface area contributed by atoms with Crippen molar-refractivity contribution in [3.63, 3.8) is 0 Å². The molecule has 0 radical (unpaired) electrons. The number of aliphatic imine (C=N–C) groups is 1. The first kappa shape index (κ1) is 19.2. The topological polar surface area (TPSA) is 79.8 Å². The van der Waals surface area contributed by atoms with Crippen LogP contribution in [0.15, 0.2) is 22.5 Å². The summed E-state index contributed by atoms with van der Waals surface area (Å²) in [7, 11) is -3.20. The summed E-state index contributed by atoms with van der Waals surface area (Å²) in [4.78, 5) is 5.87. The Bertz CT molecular complexity index is 621. The van der Waals surface area contributed by atoms with E-state index in [1.807, 2.05) is 13.0 Å². The van der Waals surface area contributed by atoms with Crippen LogP contribution >= 0.6 is 11.3 Å². The van der Waals surface area contributed by atoms with Gasteiger partial charge in [0.05, 0.1) is 11.3 Å². The molecule has 0 spiro atoms. The zero-order chi connectivity index (χ0) is 17.5. The highest BCUT2D eigenvalue weighted by Crippen LogP contribution is 2.29. The third-order valence-electron chi connectivity index (χ3n) is 4.30. The molecule has 2 N–H and O–H groups in total. The van der Waals surface area contributed by atoms with Gasteiger partial charge in [0.25, 0.3) is 0 Å². The third kappa shape index (κ3) is 5.19. The molecule has 24 heavy (non-hydrogen) atoms. The molecular weight excluding hydrogens is 346 g/mol. The van der Waals surface area contributed by atoms with Crippen LogP contribution in [-0.2, 0) is 21.0 Å². The Kier molecular flexibility index (Phi) is 7.06. The number of nitrogens with one attached hydrogen (secondary N) is 2. The molecular formula is C16H27N3O3S2. The molecule has 0 unspecified atom stereocenters. The van der Waals surface area contributed by atoms with Crippen LogP contribution < -0.4 is 10.6 Å². The molecule has 1 aromatic heterocycles. The van der Waals surface area contributed by atoms with Crippen LogP contribution in [0.4, 0.5) is 0 Å². The van der Waals surface area contributed by atoms with E-state index in [0.29, 0.717) is 32.0 Å². The second-order valence-electron chi connectivity index (χ2n) is 6.02. The van der Waals surface area contributed by atoms with Crippen LogP contribution in [-0.4, -0.2) is 58.2 Å². The van der Waals surface area contributed by atoms with Gasteiger partial charge in [0, 0.05) is 37.4 Å². The van der Waals surface area contributed by atoms with E-state index in [0.717, 1.165) is 19.5 Å². The van der Waals surface area contributed by atoms with Crippen LogP contribution in [0.25, 0.3) is 0 Å². The maximum absolute atomic E-state index is 12.3. The summed E-state index contributed by atoms with van der Waals surface area (Å²) in [6.45, 7) is 4.72. The monoisotopic (exact) mass is 373 g/mol. The lowest BCUT2D eigenvalue weighted by Crippen LogP contribution is -2.47. The molecule has 0 bridgehead atoms. The second kappa shape index (κ2) is 8.82. The zero-order valence-electron chi connectivity index (χ0n) is 14.4. The number of guanidine groups is 1. The van der Waals surface area contributed by atoms with Crippen molar-refractivity contribution in [1.29, 1.82) is 0 Å². The number of hydrogen-bond donors (Lipinski definition) is 2. The Morgan fingerprint density at radius 2 is 2.12 bits per heavy atom. The maximum atomic E-state index is 12.3. The third-order valence-corrected chi connectivity index (χ3v) is 7.35. The van der Waals surface area contributed by atoms with E-state index in [1.165, 1.54) is 11.1 Å². The lowest BCUT2D eigenvalue weighted by atomic mass is 9.99. The van der Waals surface area contributed by atoms with Crippen LogP contribution in [0, 0.1) is 0 Å². The summed E-state index contributed by atoms with van der Waals surface area (Å²) in [6.07, 6.45) is 3.24.